The van der Waals surface area contributed by atoms with Gasteiger partial charge in [0.25, 0.3) is 0 Å². The maximum Gasteiger partial charge on any atom is 0.306 e. The van der Waals surface area contributed by atoms with Gasteiger partial charge in [-0.3, -0.25) is 4.79 Å². The molecule has 0 amide bonds. The zero-order chi connectivity index (χ0) is 12.2. The molecule has 2 unspecified atom stereocenters. The lowest BCUT2D eigenvalue weighted by atomic mass is 9.66. The van der Waals surface area contributed by atoms with E-state index in [1.165, 1.54) is 0 Å². The highest BCUT2D eigenvalue weighted by Gasteiger charge is 2.37. The van der Waals surface area contributed by atoms with Crippen LogP contribution in [0.5, 0.6) is 0 Å². The molecule has 0 aromatic carbocycles. The maximum atomic E-state index is 11.2. The Labute approximate surface area is 103 Å². The third kappa shape index (κ3) is 4.00. The number of carboxylic acid groups (broad SMARTS) is 1. The van der Waals surface area contributed by atoms with Gasteiger partial charge in [-0.2, -0.15) is 11.8 Å². The molecule has 0 aliphatic heterocycles. The average Bonchev–Trinajstić information content (AvgIpc) is 2.16. The Morgan fingerprint density at radius 2 is 2.19 bits per heavy atom. The first kappa shape index (κ1) is 13.9. The van der Waals surface area contributed by atoms with Crippen LogP contribution in [0.1, 0.15) is 46.5 Å². The first-order valence-electron chi connectivity index (χ1n) is 6.27. The van der Waals surface area contributed by atoms with E-state index in [9.17, 15) is 9.90 Å². The summed E-state index contributed by atoms with van der Waals surface area (Å²) in [7, 11) is 0. The van der Waals surface area contributed by atoms with Crippen LogP contribution in [0.2, 0.25) is 0 Å². The molecule has 3 heteroatoms. The van der Waals surface area contributed by atoms with E-state index in [1.54, 1.807) is 0 Å². The lowest BCUT2D eigenvalue weighted by Gasteiger charge is -2.39. The fraction of sp³-hybridized carbons (Fsp3) is 0.923. The summed E-state index contributed by atoms with van der Waals surface area (Å²) in [5.74, 6) is 1.96. The Balaban J connectivity index is 2.54. The van der Waals surface area contributed by atoms with E-state index in [4.69, 9.17) is 0 Å². The predicted molar refractivity (Wildman–Crippen MR) is 69.9 cm³/mol. The molecule has 0 spiro atoms. The number of carboxylic acids is 1. The summed E-state index contributed by atoms with van der Waals surface area (Å²) in [5.41, 5.74) is 0.341. The minimum absolute atomic E-state index is 0.0921. The van der Waals surface area contributed by atoms with Crippen LogP contribution in [0, 0.1) is 17.3 Å². The summed E-state index contributed by atoms with van der Waals surface area (Å²) in [6.45, 7) is 6.69. The standard InChI is InChI=1S/C13H24O2S/c1-4-16-8-6-10-9-13(2,3)7-5-11(10)12(14)15/h10-11H,4-9H2,1-3H3,(H,14,15). The van der Waals surface area contributed by atoms with Gasteiger partial charge in [0.15, 0.2) is 0 Å². The van der Waals surface area contributed by atoms with E-state index in [0.29, 0.717) is 11.3 Å². The second-order valence-electron chi connectivity index (χ2n) is 5.60. The average molecular weight is 244 g/mol. The van der Waals surface area contributed by atoms with Crippen molar-refractivity contribution in [2.45, 2.75) is 46.5 Å². The molecule has 2 atom stereocenters. The monoisotopic (exact) mass is 244 g/mol. The Kier molecular flexibility index (Phi) is 5.16. The van der Waals surface area contributed by atoms with Gasteiger partial charge < -0.3 is 5.11 Å². The summed E-state index contributed by atoms with van der Waals surface area (Å²) in [6, 6.07) is 0. The van der Waals surface area contributed by atoms with Crippen molar-refractivity contribution in [2.75, 3.05) is 11.5 Å². The topological polar surface area (TPSA) is 37.3 Å². The number of rotatable bonds is 5. The summed E-state index contributed by atoms with van der Waals surface area (Å²) in [6.07, 6.45) is 4.07. The van der Waals surface area contributed by atoms with Gasteiger partial charge in [0, 0.05) is 0 Å². The van der Waals surface area contributed by atoms with Crippen LogP contribution in [0.4, 0.5) is 0 Å². The largest absolute Gasteiger partial charge is 0.481 e. The molecular formula is C13H24O2S. The molecule has 1 N–H and O–H groups in total. The second kappa shape index (κ2) is 5.95. The predicted octanol–water partition coefficient (Wildman–Crippen LogP) is 3.66. The SMILES string of the molecule is CCSCCC1CC(C)(C)CCC1C(=O)O. The molecular weight excluding hydrogens is 220 g/mol. The molecule has 1 rings (SSSR count). The molecule has 1 fully saturated rings. The molecule has 16 heavy (non-hydrogen) atoms. The molecule has 0 aromatic rings. The van der Waals surface area contributed by atoms with E-state index >= 15 is 0 Å². The van der Waals surface area contributed by atoms with E-state index in [0.717, 1.165) is 37.2 Å². The molecule has 1 aliphatic rings. The molecule has 0 saturated heterocycles. The number of hydrogen-bond donors (Lipinski definition) is 1. The zero-order valence-electron chi connectivity index (χ0n) is 10.7. The van der Waals surface area contributed by atoms with Crippen molar-refractivity contribution in [3.63, 3.8) is 0 Å². The van der Waals surface area contributed by atoms with Crippen LogP contribution in [-0.2, 0) is 4.79 Å². The molecule has 0 heterocycles. The van der Waals surface area contributed by atoms with Crippen LogP contribution < -0.4 is 0 Å². The number of aliphatic carboxylic acids is 1. The van der Waals surface area contributed by atoms with E-state index in [1.807, 2.05) is 11.8 Å². The summed E-state index contributed by atoms with van der Waals surface area (Å²) in [4.78, 5) is 11.2. The smallest absolute Gasteiger partial charge is 0.306 e. The Bertz CT molecular complexity index is 238. The molecule has 0 aromatic heterocycles. The summed E-state index contributed by atoms with van der Waals surface area (Å²) < 4.78 is 0. The maximum absolute atomic E-state index is 11.2. The second-order valence-corrected chi connectivity index (χ2v) is 6.99. The van der Waals surface area contributed by atoms with Crippen molar-refractivity contribution in [3.05, 3.63) is 0 Å². The van der Waals surface area contributed by atoms with Gasteiger partial charge in [-0.25, -0.2) is 0 Å². The lowest BCUT2D eigenvalue weighted by molar-refractivity contribution is -0.146. The Hall–Kier alpha value is -0.180. The van der Waals surface area contributed by atoms with Gasteiger partial charge in [-0.05, 0) is 48.5 Å². The number of thioether (sulfide) groups is 1. The lowest BCUT2D eigenvalue weighted by Crippen LogP contribution is -2.34. The molecule has 1 saturated carbocycles. The van der Waals surface area contributed by atoms with Crippen LogP contribution >= 0.6 is 11.8 Å². The number of hydrogen-bond acceptors (Lipinski definition) is 2. The first-order chi connectivity index (χ1) is 7.46. The van der Waals surface area contributed by atoms with Crippen molar-refractivity contribution in [3.8, 4) is 0 Å². The summed E-state index contributed by atoms with van der Waals surface area (Å²) >= 11 is 1.92. The zero-order valence-corrected chi connectivity index (χ0v) is 11.5. The van der Waals surface area contributed by atoms with Crippen molar-refractivity contribution in [2.24, 2.45) is 17.3 Å². The van der Waals surface area contributed by atoms with Crippen molar-refractivity contribution >= 4 is 17.7 Å². The van der Waals surface area contributed by atoms with Gasteiger partial charge in [0.1, 0.15) is 0 Å². The van der Waals surface area contributed by atoms with E-state index in [2.05, 4.69) is 20.8 Å². The van der Waals surface area contributed by atoms with Gasteiger partial charge in [-0.15, -0.1) is 0 Å². The fourth-order valence-corrected chi connectivity index (χ4v) is 3.50. The van der Waals surface area contributed by atoms with Crippen LogP contribution in [0.25, 0.3) is 0 Å². The van der Waals surface area contributed by atoms with Crippen LogP contribution in [0.15, 0.2) is 0 Å². The molecule has 2 nitrogen and oxygen atoms in total. The molecule has 0 bridgehead atoms. The number of carbonyl (C=O) groups is 1. The van der Waals surface area contributed by atoms with Crippen molar-refractivity contribution in [1.82, 2.24) is 0 Å². The third-order valence-electron chi connectivity index (χ3n) is 3.67. The highest BCUT2D eigenvalue weighted by Crippen LogP contribution is 2.43. The Morgan fingerprint density at radius 1 is 1.50 bits per heavy atom. The minimum Gasteiger partial charge on any atom is -0.481 e. The van der Waals surface area contributed by atoms with Gasteiger partial charge >= 0.3 is 5.97 Å². The quantitative estimate of drug-likeness (QED) is 0.750. The normalized spacial score (nSPS) is 28.9. The van der Waals surface area contributed by atoms with Crippen molar-refractivity contribution < 1.29 is 9.90 Å². The van der Waals surface area contributed by atoms with Crippen LogP contribution in [0.3, 0.4) is 0 Å². The molecule has 0 radical (unpaired) electrons. The highest BCUT2D eigenvalue weighted by atomic mass is 32.2. The fourth-order valence-electron chi connectivity index (χ4n) is 2.74. The Morgan fingerprint density at radius 3 is 2.75 bits per heavy atom. The van der Waals surface area contributed by atoms with Gasteiger partial charge in [0.05, 0.1) is 5.92 Å². The minimum atomic E-state index is -0.581. The molecule has 94 valence electrons. The van der Waals surface area contributed by atoms with Crippen molar-refractivity contribution in [1.29, 1.82) is 0 Å². The van der Waals surface area contributed by atoms with E-state index < -0.39 is 5.97 Å². The summed E-state index contributed by atoms with van der Waals surface area (Å²) in [5, 5.41) is 9.23. The first-order valence-corrected chi connectivity index (χ1v) is 7.42. The molecule has 1 aliphatic carbocycles. The van der Waals surface area contributed by atoms with Crippen LogP contribution in [-0.4, -0.2) is 22.6 Å². The van der Waals surface area contributed by atoms with Gasteiger partial charge in [0.2, 0.25) is 0 Å². The van der Waals surface area contributed by atoms with E-state index in [-0.39, 0.29) is 5.92 Å². The van der Waals surface area contributed by atoms with Gasteiger partial charge in [-0.1, -0.05) is 20.8 Å². The highest BCUT2D eigenvalue weighted by molar-refractivity contribution is 7.99. The third-order valence-corrected chi connectivity index (χ3v) is 4.60.